The number of ether oxygens (including phenoxy) is 1. The fourth-order valence-corrected chi connectivity index (χ4v) is 2.78. The number of aromatic nitrogens is 2. The van der Waals surface area contributed by atoms with Gasteiger partial charge in [-0.1, -0.05) is 23.9 Å². The number of thioether (sulfide) groups is 1. The van der Waals surface area contributed by atoms with Gasteiger partial charge in [-0.05, 0) is 36.1 Å². The van der Waals surface area contributed by atoms with E-state index in [9.17, 15) is 18.8 Å². The summed E-state index contributed by atoms with van der Waals surface area (Å²) in [4.78, 5) is 18.9. The van der Waals surface area contributed by atoms with Crippen LogP contribution in [0.3, 0.4) is 0 Å². The predicted octanol–water partition coefficient (Wildman–Crippen LogP) is 3.89. The van der Waals surface area contributed by atoms with Crippen molar-refractivity contribution in [3.05, 3.63) is 75.6 Å². The van der Waals surface area contributed by atoms with E-state index in [2.05, 4.69) is 9.97 Å². The van der Waals surface area contributed by atoms with Crippen molar-refractivity contribution in [2.24, 2.45) is 0 Å². The topological polar surface area (TPSA) is 78.8 Å². The molecule has 2 aromatic carbocycles. The summed E-state index contributed by atoms with van der Waals surface area (Å²) in [7, 11) is 0. The third-order valence-electron chi connectivity index (χ3n) is 3.71. The van der Waals surface area contributed by atoms with Gasteiger partial charge >= 0.3 is 0 Å². The van der Waals surface area contributed by atoms with Crippen LogP contribution < -0.4 is 10.3 Å². The van der Waals surface area contributed by atoms with Crippen molar-refractivity contribution >= 4 is 11.8 Å². The molecule has 0 saturated carbocycles. The van der Waals surface area contributed by atoms with E-state index in [1.165, 1.54) is 36.0 Å². The van der Waals surface area contributed by atoms with Crippen molar-refractivity contribution < 1.29 is 13.5 Å². The lowest BCUT2D eigenvalue weighted by atomic mass is 10.1. The molecule has 0 radical (unpaired) electrons. The molecule has 0 aliphatic carbocycles. The second kappa shape index (κ2) is 8.01. The van der Waals surface area contributed by atoms with Crippen LogP contribution in [-0.4, -0.2) is 16.2 Å². The summed E-state index contributed by atoms with van der Waals surface area (Å²) in [5.74, 6) is -0.788. The Morgan fingerprint density at radius 1 is 1.19 bits per heavy atom. The molecule has 136 valence electrons. The Balaban J connectivity index is 2.04. The molecule has 0 aliphatic rings. The lowest BCUT2D eigenvalue weighted by Crippen LogP contribution is -2.15. The number of aromatic amines is 1. The van der Waals surface area contributed by atoms with Crippen LogP contribution in [0.5, 0.6) is 5.75 Å². The number of nitrogens with zero attached hydrogens (tertiary/aromatic N) is 2. The highest BCUT2D eigenvalue weighted by atomic mass is 32.2. The Morgan fingerprint density at radius 3 is 2.56 bits per heavy atom. The second-order valence-electron chi connectivity index (χ2n) is 5.47. The van der Waals surface area contributed by atoms with E-state index in [1.54, 1.807) is 18.4 Å². The summed E-state index contributed by atoms with van der Waals surface area (Å²) in [6.07, 6.45) is 1.73. The van der Waals surface area contributed by atoms with Crippen LogP contribution in [0.1, 0.15) is 11.1 Å². The maximum absolute atomic E-state index is 13.8. The molecular weight excluding hydrogens is 372 g/mol. The van der Waals surface area contributed by atoms with E-state index in [-0.39, 0.29) is 29.4 Å². The number of nitrogens with one attached hydrogen (secondary N) is 1. The van der Waals surface area contributed by atoms with Crippen molar-refractivity contribution in [1.29, 1.82) is 5.26 Å². The Hall–Kier alpha value is -3.18. The van der Waals surface area contributed by atoms with Gasteiger partial charge in [0.2, 0.25) is 0 Å². The third kappa shape index (κ3) is 4.15. The molecule has 8 heteroatoms. The quantitative estimate of drug-likeness (QED) is 0.533. The summed E-state index contributed by atoms with van der Waals surface area (Å²) < 4.78 is 32.5. The summed E-state index contributed by atoms with van der Waals surface area (Å²) >= 11 is 1.21. The number of hydrogen-bond donors (Lipinski definition) is 1. The highest BCUT2D eigenvalue weighted by Crippen LogP contribution is 2.32. The van der Waals surface area contributed by atoms with Crippen molar-refractivity contribution in [3.63, 3.8) is 0 Å². The molecule has 0 bridgehead atoms. The minimum Gasteiger partial charge on any atom is -0.488 e. The molecule has 1 aromatic heterocycles. The van der Waals surface area contributed by atoms with Crippen LogP contribution in [-0.2, 0) is 6.61 Å². The third-order valence-corrected chi connectivity index (χ3v) is 4.29. The van der Waals surface area contributed by atoms with Crippen molar-refractivity contribution in [3.8, 4) is 23.1 Å². The number of hydrogen-bond acceptors (Lipinski definition) is 5. The molecule has 3 aromatic rings. The first-order chi connectivity index (χ1) is 13.0. The molecule has 0 spiro atoms. The van der Waals surface area contributed by atoms with Gasteiger partial charge in [-0.15, -0.1) is 0 Å². The van der Waals surface area contributed by atoms with Crippen molar-refractivity contribution in [1.82, 2.24) is 9.97 Å². The lowest BCUT2D eigenvalue weighted by molar-refractivity contribution is 0.305. The maximum Gasteiger partial charge on any atom is 0.270 e. The fraction of sp³-hybridized carbons (Fsp3) is 0.105. The van der Waals surface area contributed by atoms with Crippen molar-refractivity contribution in [2.45, 2.75) is 11.8 Å². The summed E-state index contributed by atoms with van der Waals surface area (Å²) in [6, 6.07) is 11.3. The van der Waals surface area contributed by atoms with Gasteiger partial charge in [0.15, 0.2) is 5.16 Å². The SMILES string of the molecule is CSc1nc(-c2ccc(F)cc2OCc2ccc(F)cc2)c(C#N)c(=O)[nH]1. The minimum absolute atomic E-state index is 0.0528. The number of benzene rings is 2. The van der Waals surface area contributed by atoms with E-state index in [4.69, 9.17) is 4.74 Å². The molecule has 0 amide bonds. The Kier molecular flexibility index (Phi) is 5.52. The molecule has 0 saturated heterocycles. The average Bonchev–Trinajstić information content (AvgIpc) is 2.67. The van der Waals surface area contributed by atoms with Gasteiger partial charge in [0, 0.05) is 11.6 Å². The summed E-state index contributed by atoms with van der Waals surface area (Å²) in [5, 5.41) is 9.66. The van der Waals surface area contributed by atoms with Crippen LogP contribution >= 0.6 is 11.8 Å². The maximum atomic E-state index is 13.8. The molecule has 0 atom stereocenters. The zero-order valence-electron chi connectivity index (χ0n) is 14.1. The average molecular weight is 385 g/mol. The highest BCUT2D eigenvalue weighted by molar-refractivity contribution is 7.98. The normalized spacial score (nSPS) is 10.4. The van der Waals surface area contributed by atoms with Crippen LogP contribution in [0.15, 0.2) is 52.4 Å². The number of rotatable bonds is 5. The predicted molar refractivity (Wildman–Crippen MR) is 97.5 cm³/mol. The van der Waals surface area contributed by atoms with E-state index in [0.29, 0.717) is 16.3 Å². The van der Waals surface area contributed by atoms with E-state index in [1.807, 2.05) is 6.07 Å². The molecule has 0 aliphatic heterocycles. The lowest BCUT2D eigenvalue weighted by Gasteiger charge is -2.13. The number of halogens is 2. The van der Waals surface area contributed by atoms with Crippen LogP contribution in [0, 0.1) is 23.0 Å². The van der Waals surface area contributed by atoms with Crippen LogP contribution in [0.25, 0.3) is 11.3 Å². The minimum atomic E-state index is -0.583. The fourth-order valence-electron chi connectivity index (χ4n) is 2.40. The first-order valence-corrected chi connectivity index (χ1v) is 9.00. The Morgan fingerprint density at radius 2 is 1.89 bits per heavy atom. The molecule has 1 N–H and O–H groups in total. The van der Waals surface area contributed by atoms with Crippen LogP contribution in [0.2, 0.25) is 0 Å². The van der Waals surface area contributed by atoms with E-state index < -0.39 is 11.4 Å². The monoisotopic (exact) mass is 385 g/mol. The van der Waals surface area contributed by atoms with Gasteiger partial charge in [0.1, 0.15) is 41.3 Å². The van der Waals surface area contributed by atoms with Gasteiger partial charge in [0.25, 0.3) is 5.56 Å². The van der Waals surface area contributed by atoms with Gasteiger partial charge in [-0.2, -0.15) is 5.26 Å². The van der Waals surface area contributed by atoms with Gasteiger partial charge in [-0.3, -0.25) is 4.79 Å². The Bertz CT molecular complexity index is 1080. The molecule has 27 heavy (non-hydrogen) atoms. The van der Waals surface area contributed by atoms with E-state index >= 15 is 0 Å². The first-order valence-electron chi connectivity index (χ1n) is 7.77. The molecule has 1 heterocycles. The molecule has 0 unspecified atom stereocenters. The largest absolute Gasteiger partial charge is 0.488 e. The van der Waals surface area contributed by atoms with Gasteiger partial charge < -0.3 is 9.72 Å². The highest BCUT2D eigenvalue weighted by Gasteiger charge is 2.18. The molecule has 0 fully saturated rings. The van der Waals surface area contributed by atoms with Gasteiger partial charge in [0.05, 0.1) is 0 Å². The zero-order chi connectivity index (χ0) is 19.4. The zero-order valence-corrected chi connectivity index (χ0v) is 14.9. The standard InChI is InChI=1S/C19H13F2N3O2S/c1-27-19-23-17(15(9-22)18(25)24-19)14-7-6-13(21)8-16(14)26-10-11-2-4-12(20)5-3-11/h2-8H,10H2,1H3,(H,23,24,25). The first kappa shape index (κ1) is 18.6. The number of nitriles is 1. The van der Waals surface area contributed by atoms with Gasteiger partial charge in [-0.25, -0.2) is 13.8 Å². The van der Waals surface area contributed by atoms with Crippen LogP contribution in [0.4, 0.5) is 8.78 Å². The molecule has 5 nitrogen and oxygen atoms in total. The van der Waals surface area contributed by atoms with E-state index in [0.717, 1.165) is 6.07 Å². The van der Waals surface area contributed by atoms with Crippen molar-refractivity contribution in [2.75, 3.05) is 6.26 Å². The molecule has 3 rings (SSSR count). The smallest absolute Gasteiger partial charge is 0.270 e. The second-order valence-corrected chi connectivity index (χ2v) is 6.26. The molecular formula is C19H13F2N3O2S. The summed E-state index contributed by atoms with van der Waals surface area (Å²) in [5.41, 5.74) is 0.332. The summed E-state index contributed by atoms with van der Waals surface area (Å²) in [6.45, 7) is 0.0528. The Labute approximate surface area is 157 Å². The number of H-pyrrole nitrogens is 1.